The quantitative estimate of drug-likeness (QED) is 0.153. The van der Waals surface area contributed by atoms with E-state index in [0.717, 1.165) is 95.2 Å². The van der Waals surface area contributed by atoms with Crippen LogP contribution in [0.3, 0.4) is 0 Å². The fourth-order valence-corrected chi connectivity index (χ4v) is 9.04. The maximum Gasteiger partial charge on any atom is 0.149 e. The van der Waals surface area contributed by atoms with Crippen LogP contribution in [0.1, 0.15) is 73.5 Å². The monoisotopic (exact) mass is 838 g/mol. The van der Waals surface area contributed by atoms with Gasteiger partial charge in [0.15, 0.2) is 0 Å². The summed E-state index contributed by atoms with van der Waals surface area (Å²) in [6.07, 6.45) is 1.83. The highest BCUT2D eigenvalue weighted by Crippen LogP contribution is 2.46. The van der Waals surface area contributed by atoms with E-state index in [1.54, 1.807) is 19.2 Å². The van der Waals surface area contributed by atoms with E-state index in [1.807, 2.05) is 24.4 Å². The van der Waals surface area contributed by atoms with Crippen LogP contribution in [0.15, 0.2) is 164 Å². The first-order chi connectivity index (χ1) is 31.9. The van der Waals surface area contributed by atoms with Gasteiger partial charge in [-0.25, -0.2) is 4.98 Å². The number of imidazole rings is 1. The van der Waals surface area contributed by atoms with Gasteiger partial charge in [-0.2, -0.15) is 0 Å². The first kappa shape index (κ1) is 38.6. The lowest BCUT2D eigenvalue weighted by molar-refractivity contribution is 0.413. The number of pyridine rings is 1. The zero-order valence-corrected chi connectivity index (χ0v) is 38.3. The van der Waals surface area contributed by atoms with Gasteiger partial charge in [-0.1, -0.05) is 156 Å². The Labute approximate surface area is 383 Å². The molecule has 64 heavy (non-hydrogen) atoms. The third kappa shape index (κ3) is 8.05. The maximum atomic E-state index is 7.87. The molecule has 0 aliphatic carbocycles. The van der Waals surface area contributed by atoms with E-state index in [1.165, 1.54) is 16.7 Å². The number of benzene rings is 7. The average molecular weight is 839 g/mol. The van der Waals surface area contributed by atoms with E-state index in [-0.39, 0.29) is 10.8 Å². The Morgan fingerprint density at radius 3 is 1.88 bits per heavy atom. The summed E-state index contributed by atoms with van der Waals surface area (Å²) in [6.45, 7) is 15.7. The minimum Gasteiger partial charge on any atom is -0.496 e. The van der Waals surface area contributed by atoms with Crippen LogP contribution in [-0.4, -0.2) is 21.6 Å². The van der Waals surface area contributed by atoms with Crippen molar-refractivity contribution in [3.8, 4) is 78.6 Å². The van der Waals surface area contributed by atoms with Crippen molar-refractivity contribution in [1.29, 1.82) is 0 Å². The molecule has 0 spiro atoms. The van der Waals surface area contributed by atoms with E-state index in [0.29, 0.717) is 5.56 Å². The van der Waals surface area contributed by atoms with Crippen LogP contribution in [0.5, 0.6) is 5.75 Å². The molecule has 4 nitrogen and oxygen atoms in total. The van der Waals surface area contributed by atoms with Crippen molar-refractivity contribution in [2.75, 3.05) is 7.11 Å². The van der Waals surface area contributed by atoms with Gasteiger partial charge < -0.3 is 4.74 Å². The highest BCUT2D eigenvalue weighted by Gasteiger charge is 2.28. The number of para-hydroxylation sites is 1. The van der Waals surface area contributed by atoms with E-state index < -0.39 is 6.85 Å². The summed E-state index contributed by atoms with van der Waals surface area (Å²) in [5.41, 5.74) is 18.6. The number of methoxy groups -OCH3 is 1. The van der Waals surface area contributed by atoms with Crippen molar-refractivity contribution in [3.05, 3.63) is 192 Å². The fourth-order valence-electron chi connectivity index (χ4n) is 9.04. The molecule has 9 aromatic rings. The number of rotatable bonds is 8. The molecule has 0 aliphatic heterocycles. The average Bonchev–Trinajstić information content (AvgIpc) is 3.70. The Bertz CT molecular complexity index is 3280. The molecule has 0 radical (unpaired) electrons. The molecule has 0 amide bonds. The largest absolute Gasteiger partial charge is 0.496 e. The van der Waals surface area contributed by atoms with Gasteiger partial charge in [0.25, 0.3) is 0 Å². The van der Waals surface area contributed by atoms with Gasteiger partial charge in [-0.3, -0.25) is 9.55 Å². The highest BCUT2D eigenvalue weighted by atomic mass is 16.5. The molecule has 0 saturated heterocycles. The number of aryl methyl sites for hydroxylation is 3. The van der Waals surface area contributed by atoms with Crippen molar-refractivity contribution in [1.82, 2.24) is 14.5 Å². The van der Waals surface area contributed by atoms with Gasteiger partial charge in [0.2, 0.25) is 0 Å². The molecule has 0 saturated carbocycles. The van der Waals surface area contributed by atoms with E-state index >= 15 is 0 Å². The minimum absolute atomic E-state index is 0.161. The number of hydrogen-bond acceptors (Lipinski definition) is 3. The SMILES string of the molecule is [2H]C([2H])([2H])c1ccc(-c2ccnc(-c3cc(-c4cccc5c4nc(-c4cc(C)cc(C)c4OC)n5-c4cc(-c5ccccc5)c(C(C)(C)C)cc4-c4ccccc4)cc(C(C)(C)C)c3)c2)cc1. The van der Waals surface area contributed by atoms with E-state index in [2.05, 4.69) is 187 Å². The topological polar surface area (TPSA) is 39.9 Å². The van der Waals surface area contributed by atoms with Crippen molar-refractivity contribution >= 4 is 11.0 Å². The second-order valence-electron chi connectivity index (χ2n) is 19.1. The van der Waals surface area contributed by atoms with Gasteiger partial charge >= 0.3 is 0 Å². The lowest BCUT2D eigenvalue weighted by Crippen LogP contribution is -2.14. The third-order valence-electron chi connectivity index (χ3n) is 12.3. The molecular weight excluding hydrogens is 779 g/mol. The maximum absolute atomic E-state index is 7.87. The highest BCUT2D eigenvalue weighted by molar-refractivity contribution is 5.98. The summed E-state index contributed by atoms with van der Waals surface area (Å²) in [5.74, 6) is 1.58. The van der Waals surface area contributed by atoms with Crippen LogP contribution >= 0.6 is 0 Å². The predicted molar refractivity (Wildman–Crippen MR) is 270 cm³/mol. The summed E-state index contributed by atoms with van der Waals surface area (Å²) in [5, 5.41) is 0. The second kappa shape index (κ2) is 16.6. The molecule has 9 rings (SSSR count). The summed E-state index contributed by atoms with van der Waals surface area (Å²) in [7, 11) is 1.75. The summed E-state index contributed by atoms with van der Waals surface area (Å²) >= 11 is 0. The molecule has 0 unspecified atom stereocenters. The number of hydrogen-bond donors (Lipinski definition) is 0. The number of ether oxygens (including phenoxy) is 1. The third-order valence-corrected chi connectivity index (χ3v) is 12.3. The molecule has 0 aliphatic rings. The minimum atomic E-state index is -2.16. The van der Waals surface area contributed by atoms with Gasteiger partial charge in [-0.15, -0.1) is 0 Å². The molecular formula is C60H57N3O. The van der Waals surface area contributed by atoms with E-state index in [9.17, 15) is 0 Å². The Balaban J connectivity index is 1.34. The van der Waals surface area contributed by atoms with Crippen LogP contribution in [0, 0.1) is 20.7 Å². The van der Waals surface area contributed by atoms with Crippen molar-refractivity contribution < 1.29 is 8.85 Å². The Hall–Kier alpha value is -7.04. The lowest BCUT2D eigenvalue weighted by atomic mass is 9.79. The van der Waals surface area contributed by atoms with Gasteiger partial charge in [-0.05, 0) is 136 Å². The molecule has 2 heterocycles. The van der Waals surface area contributed by atoms with Crippen LogP contribution in [0.2, 0.25) is 0 Å². The molecule has 2 aromatic heterocycles. The van der Waals surface area contributed by atoms with Gasteiger partial charge in [0.05, 0.1) is 35.1 Å². The standard InChI is InChI=1S/C60H57N3O/c1-38-24-26-41(27-25-38)44-28-29-61-53(35-44)46-32-45(33-47(34-46)59(4,5)6)48-22-17-23-54-56(48)62-58(51-31-39(2)30-40(3)57(51)64-10)63(54)55-37-49(42-18-13-11-14-19-42)52(60(7,8)9)36-50(55)43-20-15-12-16-21-43/h11-37H,1-10H3/i1D3. The van der Waals surface area contributed by atoms with Gasteiger partial charge in [0.1, 0.15) is 11.6 Å². The fraction of sp³-hybridized carbons (Fsp3) is 0.200. The molecule has 0 atom stereocenters. The van der Waals surface area contributed by atoms with Crippen LogP contribution in [0.4, 0.5) is 0 Å². The van der Waals surface area contributed by atoms with Gasteiger partial charge in [0, 0.05) is 27.0 Å². The summed E-state index contributed by atoms with van der Waals surface area (Å²) in [4.78, 5) is 10.7. The van der Waals surface area contributed by atoms with Crippen molar-refractivity contribution in [3.63, 3.8) is 0 Å². The molecule has 0 bridgehead atoms. The molecule has 4 heteroatoms. The Morgan fingerprint density at radius 1 is 0.531 bits per heavy atom. The van der Waals surface area contributed by atoms with Crippen molar-refractivity contribution in [2.45, 2.75) is 73.1 Å². The Morgan fingerprint density at radius 2 is 1.22 bits per heavy atom. The summed E-state index contributed by atoms with van der Waals surface area (Å²) < 4.78 is 32.2. The van der Waals surface area contributed by atoms with Crippen LogP contribution < -0.4 is 4.74 Å². The Kier molecular flexibility index (Phi) is 10.0. The zero-order chi connectivity index (χ0) is 47.4. The van der Waals surface area contributed by atoms with Crippen LogP contribution in [0.25, 0.3) is 83.9 Å². The number of nitrogens with zero attached hydrogens (tertiary/aromatic N) is 3. The number of aromatic nitrogens is 3. The lowest BCUT2D eigenvalue weighted by Gasteiger charge is -2.27. The molecule has 318 valence electrons. The number of fused-ring (bicyclic) bond motifs is 1. The van der Waals surface area contributed by atoms with E-state index in [4.69, 9.17) is 18.8 Å². The summed E-state index contributed by atoms with van der Waals surface area (Å²) in [6, 6.07) is 55.0. The predicted octanol–water partition coefficient (Wildman–Crippen LogP) is 16.0. The molecule has 0 fully saturated rings. The smallest absolute Gasteiger partial charge is 0.149 e. The van der Waals surface area contributed by atoms with Crippen LogP contribution in [-0.2, 0) is 10.8 Å². The van der Waals surface area contributed by atoms with Crippen molar-refractivity contribution in [2.24, 2.45) is 0 Å². The first-order valence-electron chi connectivity index (χ1n) is 23.6. The normalized spacial score (nSPS) is 12.8. The zero-order valence-electron chi connectivity index (χ0n) is 41.3. The molecule has 7 aromatic carbocycles. The second-order valence-corrected chi connectivity index (χ2v) is 19.1. The first-order valence-corrected chi connectivity index (χ1v) is 22.1. The molecule has 0 N–H and O–H groups in total.